The number of benzene rings is 1. The van der Waals surface area contributed by atoms with E-state index in [0.29, 0.717) is 5.69 Å². The molecular formula is C14H12F3N5O. The number of aromatic nitrogens is 2. The molecule has 0 spiro atoms. The Kier molecular flexibility index (Phi) is 3.55. The Morgan fingerprint density at radius 3 is 2.74 bits per heavy atom. The molecule has 0 unspecified atom stereocenters. The van der Waals surface area contributed by atoms with E-state index < -0.39 is 17.8 Å². The number of carbonyl (C=O) groups excluding carboxylic acids is 1. The highest BCUT2D eigenvalue weighted by Gasteiger charge is 2.34. The molecule has 0 radical (unpaired) electrons. The largest absolute Gasteiger partial charge is 0.418 e. The second kappa shape index (κ2) is 5.41. The number of halogens is 3. The van der Waals surface area contributed by atoms with Gasteiger partial charge in [-0.2, -0.15) is 13.2 Å². The molecule has 0 atom stereocenters. The third kappa shape index (κ3) is 3.03. The molecule has 0 bridgehead atoms. The number of nitrogens with one attached hydrogen (secondary N) is 1. The lowest BCUT2D eigenvalue weighted by Gasteiger charge is -2.18. The van der Waals surface area contributed by atoms with Gasteiger partial charge in [0.25, 0.3) is 0 Å². The molecule has 2 aromatic rings. The zero-order valence-corrected chi connectivity index (χ0v) is 11.8. The van der Waals surface area contributed by atoms with Crippen molar-refractivity contribution in [3.63, 3.8) is 0 Å². The molecule has 0 aliphatic carbocycles. The summed E-state index contributed by atoms with van der Waals surface area (Å²) in [4.78, 5) is 21.4. The standard InChI is InChI=1S/C14H12F3N5O/c15-14(16,17)9-3-1-2-4-10(9)21-13(23)22-6-8-5-19-12(18)20-11(8)7-22/h1-5H,6-7H2,(H,21,23)(H2,18,19,20). The van der Waals surface area contributed by atoms with Crippen LogP contribution in [0.5, 0.6) is 0 Å². The quantitative estimate of drug-likeness (QED) is 0.845. The van der Waals surface area contributed by atoms with Gasteiger partial charge < -0.3 is 16.0 Å². The minimum atomic E-state index is -4.54. The van der Waals surface area contributed by atoms with Crippen molar-refractivity contribution < 1.29 is 18.0 Å². The van der Waals surface area contributed by atoms with Crippen LogP contribution in [0.15, 0.2) is 30.5 Å². The number of alkyl halides is 3. The highest BCUT2D eigenvalue weighted by molar-refractivity contribution is 5.90. The van der Waals surface area contributed by atoms with Crippen LogP contribution in [0.25, 0.3) is 0 Å². The van der Waals surface area contributed by atoms with Gasteiger partial charge in [0.05, 0.1) is 30.0 Å². The Morgan fingerprint density at radius 1 is 1.26 bits per heavy atom. The Labute approximate surface area is 129 Å². The Bertz CT molecular complexity index is 762. The SMILES string of the molecule is Nc1ncc2c(n1)CN(C(=O)Nc1ccccc1C(F)(F)F)C2. The van der Waals surface area contributed by atoms with Crippen LogP contribution in [0, 0.1) is 0 Å². The number of nitrogens with zero attached hydrogens (tertiary/aromatic N) is 3. The van der Waals surface area contributed by atoms with Gasteiger partial charge >= 0.3 is 12.2 Å². The molecular weight excluding hydrogens is 311 g/mol. The molecule has 1 aliphatic rings. The fourth-order valence-corrected chi connectivity index (χ4v) is 2.35. The summed E-state index contributed by atoms with van der Waals surface area (Å²) in [5, 5.41) is 2.30. The number of carbonyl (C=O) groups is 1. The predicted octanol–water partition coefficient (Wildman–Crippen LogP) is 2.63. The molecule has 1 aliphatic heterocycles. The minimum Gasteiger partial charge on any atom is -0.368 e. The number of hydrogen-bond donors (Lipinski definition) is 2. The summed E-state index contributed by atoms with van der Waals surface area (Å²) in [5.41, 5.74) is 5.61. The number of rotatable bonds is 1. The summed E-state index contributed by atoms with van der Waals surface area (Å²) in [7, 11) is 0. The van der Waals surface area contributed by atoms with Crippen molar-refractivity contribution in [2.45, 2.75) is 19.3 Å². The number of hydrogen-bond acceptors (Lipinski definition) is 4. The van der Waals surface area contributed by atoms with Crippen molar-refractivity contribution in [1.82, 2.24) is 14.9 Å². The van der Waals surface area contributed by atoms with Crippen molar-refractivity contribution in [2.24, 2.45) is 0 Å². The van der Waals surface area contributed by atoms with E-state index in [4.69, 9.17) is 5.73 Å². The maximum Gasteiger partial charge on any atom is 0.418 e. The van der Waals surface area contributed by atoms with E-state index in [2.05, 4.69) is 15.3 Å². The van der Waals surface area contributed by atoms with Gasteiger partial charge in [0.2, 0.25) is 5.95 Å². The molecule has 0 fully saturated rings. The van der Waals surface area contributed by atoms with E-state index in [0.717, 1.165) is 11.6 Å². The summed E-state index contributed by atoms with van der Waals surface area (Å²) in [6, 6.07) is 4.18. The van der Waals surface area contributed by atoms with Crippen LogP contribution in [-0.2, 0) is 19.3 Å². The molecule has 3 N–H and O–H groups in total. The monoisotopic (exact) mass is 323 g/mol. The zero-order chi connectivity index (χ0) is 16.6. The van der Waals surface area contributed by atoms with Crippen LogP contribution in [0.1, 0.15) is 16.8 Å². The van der Waals surface area contributed by atoms with Crippen molar-refractivity contribution in [3.05, 3.63) is 47.3 Å². The molecule has 2 heterocycles. The van der Waals surface area contributed by atoms with Crippen molar-refractivity contribution in [3.8, 4) is 0 Å². The molecule has 1 aromatic carbocycles. The van der Waals surface area contributed by atoms with Crippen LogP contribution in [0.4, 0.5) is 29.6 Å². The Morgan fingerprint density at radius 2 is 2.00 bits per heavy atom. The van der Waals surface area contributed by atoms with Gasteiger partial charge in [-0.15, -0.1) is 0 Å². The maximum atomic E-state index is 12.9. The van der Waals surface area contributed by atoms with Crippen molar-refractivity contribution in [2.75, 3.05) is 11.1 Å². The number of anilines is 2. The second-order valence-corrected chi connectivity index (χ2v) is 5.03. The van der Waals surface area contributed by atoms with E-state index in [9.17, 15) is 18.0 Å². The number of para-hydroxylation sites is 1. The predicted molar refractivity (Wildman–Crippen MR) is 76.2 cm³/mol. The molecule has 2 amide bonds. The molecule has 120 valence electrons. The second-order valence-electron chi connectivity index (χ2n) is 5.03. The summed E-state index contributed by atoms with van der Waals surface area (Å²) in [6.07, 6.45) is -3.04. The third-order valence-electron chi connectivity index (χ3n) is 3.44. The van der Waals surface area contributed by atoms with E-state index in [1.165, 1.54) is 29.3 Å². The first-order valence-corrected chi connectivity index (χ1v) is 6.67. The normalized spacial score (nSPS) is 13.8. The topological polar surface area (TPSA) is 84.1 Å². The van der Waals surface area contributed by atoms with Crippen LogP contribution in [-0.4, -0.2) is 20.9 Å². The molecule has 3 rings (SSSR count). The summed E-state index contributed by atoms with van der Waals surface area (Å²) < 4.78 is 38.8. The van der Waals surface area contributed by atoms with Crippen LogP contribution < -0.4 is 11.1 Å². The summed E-state index contributed by atoms with van der Waals surface area (Å²) in [6.45, 7) is 0.387. The van der Waals surface area contributed by atoms with Gasteiger partial charge in [-0.25, -0.2) is 14.8 Å². The van der Waals surface area contributed by atoms with Gasteiger partial charge in [-0.3, -0.25) is 0 Å². The molecule has 6 nitrogen and oxygen atoms in total. The first-order valence-electron chi connectivity index (χ1n) is 6.67. The zero-order valence-electron chi connectivity index (χ0n) is 11.8. The number of nitrogens with two attached hydrogens (primary N) is 1. The number of nitrogen functional groups attached to an aromatic ring is 1. The average molecular weight is 323 g/mol. The Balaban J connectivity index is 1.77. The third-order valence-corrected chi connectivity index (χ3v) is 3.44. The lowest BCUT2D eigenvalue weighted by Crippen LogP contribution is -2.31. The summed E-state index contributed by atoms with van der Waals surface area (Å²) in [5.74, 6) is 0.0911. The highest BCUT2D eigenvalue weighted by Crippen LogP contribution is 2.35. The number of fused-ring (bicyclic) bond motifs is 1. The van der Waals surface area contributed by atoms with Gasteiger partial charge in [-0.1, -0.05) is 12.1 Å². The summed E-state index contributed by atoms with van der Waals surface area (Å²) >= 11 is 0. The smallest absolute Gasteiger partial charge is 0.368 e. The van der Waals surface area contributed by atoms with Crippen LogP contribution in [0.3, 0.4) is 0 Å². The average Bonchev–Trinajstić information content (AvgIpc) is 2.89. The molecule has 9 heteroatoms. The van der Waals surface area contributed by atoms with Gasteiger partial charge in [-0.05, 0) is 12.1 Å². The number of urea groups is 1. The van der Waals surface area contributed by atoms with E-state index in [-0.39, 0.29) is 24.7 Å². The first kappa shape index (κ1) is 15.1. The van der Waals surface area contributed by atoms with Gasteiger partial charge in [0, 0.05) is 11.8 Å². The molecule has 0 saturated carbocycles. The van der Waals surface area contributed by atoms with Crippen LogP contribution in [0.2, 0.25) is 0 Å². The lowest BCUT2D eigenvalue weighted by molar-refractivity contribution is -0.136. The maximum absolute atomic E-state index is 12.9. The van der Waals surface area contributed by atoms with E-state index in [1.807, 2.05) is 0 Å². The van der Waals surface area contributed by atoms with Crippen LogP contribution >= 0.6 is 0 Å². The molecule has 0 saturated heterocycles. The highest BCUT2D eigenvalue weighted by atomic mass is 19.4. The fourth-order valence-electron chi connectivity index (χ4n) is 2.35. The van der Waals surface area contributed by atoms with Crippen molar-refractivity contribution in [1.29, 1.82) is 0 Å². The first-order chi connectivity index (χ1) is 10.8. The lowest BCUT2D eigenvalue weighted by atomic mass is 10.1. The number of amides is 2. The molecule has 1 aromatic heterocycles. The van der Waals surface area contributed by atoms with Gasteiger partial charge in [0.15, 0.2) is 0 Å². The van der Waals surface area contributed by atoms with E-state index >= 15 is 0 Å². The van der Waals surface area contributed by atoms with Crippen molar-refractivity contribution >= 4 is 17.7 Å². The Hall–Kier alpha value is -2.84. The fraction of sp³-hybridized carbons (Fsp3) is 0.214. The minimum absolute atomic E-state index is 0.0911. The van der Waals surface area contributed by atoms with E-state index in [1.54, 1.807) is 0 Å². The van der Waals surface area contributed by atoms with Gasteiger partial charge in [0.1, 0.15) is 0 Å². The molecule has 23 heavy (non-hydrogen) atoms.